The number of rotatable bonds is 17. The molecule has 13 N–H and O–H groups in total. The number of ketones is 1. The Morgan fingerprint density at radius 2 is 0.836 bits per heavy atom. The van der Waals surface area contributed by atoms with Crippen molar-refractivity contribution in [3.8, 4) is 17.1 Å². The number of aromatic nitrogens is 7. The first-order valence-corrected chi connectivity index (χ1v) is 39.5. The van der Waals surface area contributed by atoms with Gasteiger partial charge in [0.15, 0.2) is 11.4 Å². The lowest BCUT2D eigenvalue weighted by Crippen LogP contribution is -2.13. The average Bonchev–Trinajstić information content (AvgIpc) is 1.61. The topological polar surface area (TPSA) is 471 Å². The van der Waals surface area contributed by atoms with Crippen LogP contribution in [-0.4, -0.2) is 80.6 Å². The van der Waals surface area contributed by atoms with E-state index in [2.05, 4.69) is 59.9 Å². The van der Waals surface area contributed by atoms with Gasteiger partial charge in [-0.2, -0.15) is 4.39 Å². The maximum atomic E-state index is 12.6. The number of pyridine rings is 5. The number of hydrogen-bond acceptors (Lipinski definition) is 23. The van der Waals surface area contributed by atoms with Crippen LogP contribution in [0.5, 0.6) is 0 Å². The predicted molar refractivity (Wildman–Crippen MR) is 448 cm³/mol. The van der Waals surface area contributed by atoms with Crippen molar-refractivity contribution in [2.24, 2.45) is 15.4 Å². The molecule has 0 aliphatic rings. The van der Waals surface area contributed by atoms with Gasteiger partial charge in [-0.3, -0.25) is 29.3 Å². The summed E-state index contributed by atoms with van der Waals surface area (Å²) < 4.78 is 81.4. The van der Waals surface area contributed by atoms with E-state index < -0.39 is 56.8 Å². The minimum absolute atomic E-state index is 0.0291. The average molecular weight is 1640 g/mol. The number of nitro groups is 2. The van der Waals surface area contributed by atoms with E-state index in [-0.39, 0.29) is 38.3 Å². The molecule has 0 unspecified atom stereocenters. The third-order valence-electron chi connectivity index (χ3n) is 16.1. The highest BCUT2D eigenvalue weighted by molar-refractivity contribution is 7.89. The monoisotopic (exact) mass is 1640 g/mol. The van der Waals surface area contributed by atoms with Crippen molar-refractivity contribution in [2.45, 2.75) is 55.7 Å². The molecule has 8 aromatic carbocycles. The number of fused-ring (bicyclic) bond motifs is 1. The van der Waals surface area contributed by atoms with Gasteiger partial charge in [-0.25, -0.2) is 60.6 Å². The quantitative estimate of drug-likeness (QED) is 0.0105. The maximum Gasteiger partial charge on any atom is 0.387 e. The van der Waals surface area contributed by atoms with Crippen LogP contribution in [0.15, 0.2) is 300 Å². The Balaban J connectivity index is 0.000000175. The maximum absolute atomic E-state index is 12.6. The van der Waals surface area contributed by atoms with Crippen LogP contribution in [-0.2, 0) is 36.5 Å². The van der Waals surface area contributed by atoms with Crippen LogP contribution in [0.4, 0.5) is 61.5 Å². The molecule has 0 aliphatic heterocycles. The molecule has 116 heavy (non-hydrogen) atoms. The number of aryl methyl sites for hydroxylation is 5. The zero-order chi connectivity index (χ0) is 84.3. The van der Waals surface area contributed by atoms with E-state index in [1.165, 1.54) is 84.1 Å². The molecule has 0 bridgehead atoms. The van der Waals surface area contributed by atoms with E-state index in [4.69, 9.17) is 43.5 Å². The van der Waals surface area contributed by atoms with Crippen molar-refractivity contribution in [1.82, 2.24) is 34.5 Å². The summed E-state index contributed by atoms with van der Waals surface area (Å²) in [5.74, 6) is -0.191. The molecule has 34 heteroatoms. The Morgan fingerprint density at radius 3 is 1.28 bits per heavy atom. The molecule has 0 spiro atoms. The molecule has 14 aromatic rings. The Morgan fingerprint density at radius 1 is 0.448 bits per heavy atom. The number of nitrogen functional groups attached to an aromatic ring is 2. The largest absolute Gasteiger partial charge is 0.399 e. The minimum atomic E-state index is -3.78. The number of Topliss-reactive ketones (excluding diaryl/α,β-unsaturated/α-hetero) is 1. The van der Waals surface area contributed by atoms with Gasteiger partial charge in [0.1, 0.15) is 29.0 Å². The van der Waals surface area contributed by atoms with Crippen LogP contribution in [0.3, 0.4) is 0 Å². The molecular formula is C82H77ClFN17O12S3. The van der Waals surface area contributed by atoms with E-state index in [1.807, 2.05) is 172 Å². The predicted octanol–water partition coefficient (Wildman–Crippen LogP) is 15.4. The SMILES string of the molecule is Cc1ccc(-n2c(-c3ccc(S(N)(=O)=O)cc3)nc3cccnc32)cc1.Cc1ccc(N)cc1.Cc1ccc(Nc2cccnc2CC(=O)c2ccc(S(N)(=O)=O)cc2)cc1.Cc1ccc(Nc2cccnc2N)cc1.Cc1ccc(Nc2cccnc2[N+](=O)[O-])cc1.NS(=O)(=O)c1ccc(C(=O)Cl)cc1.O=[N+]([O-])c1cccnc1F. The van der Waals surface area contributed by atoms with Gasteiger partial charge in [0.25, 0.3) is 11.2 Å². The van der Waals surface area contributed by atoms with Crippen LogP contribution in [0.25, 0.3) is 28.2 Å². The third-order valence-corrected chi connectivity index (χ3v) is 19.1. The second-order valence-electron chi connectivity index (χ2n) is 25.1. The lowest BCUT2D eigenvalue weighted by Gasteiger charge is -2.11. The Labute approximate surface area is 672 Å². The standard InChI is InChI=1S/C20H19N3O3S.C19H16N4O2S.C12H11N3O2.C12H13N3.C7H6ClNO3S.C7H9N.C5H3FN2O2/c1-14-4-8-16(9-5-14)23-18-3-2-12-22-19(18)13-20(24)15-6-10-17(11-7-15)27(21,25)26;1-13-4-8-15(9-5-13)23-18(22-17-3-2-12-21-19(17)23)14-6-10-16(11-7-14)26(20,24)25;1-9-4-6-10(7-5-9)14-11-3-2-8-13-12(11)15(16)17;1-9-4-6-10(7-5-9)15-11-3-2-8-14-12(11)13;8-7(10)5-1-3-6(4-2-5)13(9,11)12;1-6-2-4-7(8)5-3-6;6-5-4(8(9)10)2-1-3-7-5/h2-12,23H,13H2,1H3,(H2,21,25,26);2-12H,1H3,(H2,20,24,25);2-8,14H,1H3;2-8,15H,1H3,(H2,13,14);1-4H,(H2,9,11,12);2-5H,8H2,1H3;1-3H. The molecule has 594 valence electrons. The number of carbonyl (C=O) groups is 2. The number of carbonyl (C=O) groups excluding carboxylic acids is 2. The van der Waals surface area contributed by atoms with Crippen LogP contribution in [0.2, 0.25) is 0 Å². The van der Waals surface area contributed by atoms with Crippen molar-refractivity contribution < 1.29 is 49.1 Å². The van der Waals surface area contributed by atoms with Crippen molar-refractivity contribution in [1.29, 1.82) is 0 Å². The molecular weight excluding hydrogens is 1570 g/mol. The van der Waals surface area contributed by atoms with Crippen LogP contribution >= 0.6 is 11.6 Å². The number of nitrogens with zero attached hydrogens (tertiary/aromatic N) is 9. The summed E-state index contributed by atoms with van der Waals surface area (Å²) in [6.45, 7) is 10.1. The number of sulfonamides is 3. The van der Waals surface area contributed by atoms with Crippen LogP contribution in [0, 0.1) is 60.8 Å². The first kappa shape index (κ1) is 87.6. The second-order valence-corrected chi connectivity index (χ2v) is 30.1. The minimum Gasteiger partial charge on any atom is -0.399 e. The highest BCUT2D eigenvalue weighted by Gasteiger charge is 2.20. The smallest absolute Gasteiger partial charge is 0.387 e. The molecule has 14 rings (SSSR count). The number of halogens is 2. The van der Waals surface area contributed by atoms with Gasteiger partial charge in [0.05, 0.1) is 43.1 Å². The third kappa shape index (κ3) is 26.9. The fraction of sp³-hybridized carbons (Fsp3) is 0.0732. The van der Waals surface area contributed by atoms with Crippen molar-refractivity contribution in [2.75, 3.05) is 27.4 Å². The molecule has 0 fully saturated rings. The zero-order valence-electron chi connectivity index (χ0n) is 62.6. The molecule has 6 aromatic heterocycles. The Hall–Kier alpha value is -13.9. The van der Waals surface area contributed by atoms with Gasteiger partial charge in [-0.05, 0) is 232 Å². The van der Waals surface area contributed by atoms with E-state index in [0.29, 0.717) is 28.6 Å². The summed E-state index contributed by atoms with van der Waals surface area (Å²) in [6, 6.07) is 73.3. The van der Waals surface area contributed by atoms with E-state index in [0.717, 1.165) is 85.5 Å². The Bertz CT molecular complexity index is 6050. The molecule has 0 saturated carbocycles. The molecule has 0 saturated heterocycles. The van der Waals surface area contributed by atoms with Crippen LogP contribution in [0.1, 0.15) is 54.2 Å². The van der Waals surface area contributed by atoms with Gasteiger partial charge in [-0.15, -0.1) is 0 Å². The van der Waals surface area contributed by atoms with Crippen molar-refractivity contribution >= 4 is 121 Å². The summed E-state index contributed by atoms with van der Waals surface area (Å²) in [6.07, 6.45) is 7.68. The number of anilines is 8. The van der Waals surface area contributed by atoms with Crippen molar-refractivity contribution in [3.63, 3.8) is 0 Å². The molecule has 29 nitrogen and oxygen atoms in total. The molecule has 6 heterocycles. The number of imidazole rings is 1. The Kier molecular flexibility index (Phi) is 31.0. The zero-order valence-corrected chi connectivity index (χ0v) is 65.8. The van der Waals surface area contributed by atoms with Gasteiger partial charge in [0, 0.05) is 76.0 Å². The molecule has 0 amide bonds. The van der Waals surface area contributed by atoms with E-state index in [1.54, 1.807) is 48.9 Å². The summed E-state index contributed by atoms with van der Waals surface area (Å²) in [7, 11) is -11.2. The van der Waals surface area contributed by atoms with Gasteiger partial charge < -0.3 is 37.5 Å². The van der Waals surface area contributed by atoms with Crippen molar-refractivity contribution in [3.05, 3.63) is 357 Å². The lowest BCUT2D eigenvalue weighted by atomic mass is 10.1. The second kappa shape index (κ2) is 41.0. The van der Waals surface area contributed by atoms with Gasteiger partial charge in [0.2, 0.25) is 30.1 Å². The molecule has 0 radical (unpaired) electrons. The highest BCUT2D eigenvalue weighted by Crippen LogP contribution is 2.30. The number of nitrogens with two attached hydrogens (primary N) is 5. The first-order chi connectivity index (χ1) is 55.1. The summed E-state index contributed by atoms with van der Waals surface area (Å²) >= 11 is 5.15. The highest BCUT2D eigenvalue weighted by atomic mass is 35.5. The summed E-state index contributed by atoms with van der Waals surface area (Å²) in [4.78, 5) is 66.9. The number of nitrogens with one attached hydrogen (secondary N) is 3. The van der Waals surface area contributed by atoms with E-state index in [9.17, 15) is 59.5 Å². The number of hydrogen-bond donors (Lipinski definition) is 8. The lowest BCUT2D eigenvalue weighted by molar-refractivity contribution is -0.388. The number of primary sulfonamides is 3. The normalized spacial score (nSPS) is 10.7. The summed E-state index contributed by atoms with van der Waals surface area (Å²) in [5.41, 5.74) is 26.5. The molecule has 0 aliphatic carbocycles. The summed E-state index contributed by atoms with van der Waals surface area (Å²) in [5, 5.41) is 44.6. The molecule has 0 atom stereocenters. The van der Waals surface area contributed by atoms with Gasteiger partial charge >= 0.3 is 11.5 Å². The fourth-order valence-corrected chi connectivity index (χ4v) is 11.7. The number of benzene rings is 8. The first-order valence-electron chi connectivity index (χ1n) is 34.4. The van der Waals surface area contributed by atoms with E-state index >= 15 is 0 Å². The van der Waals surface area contributed by atoms with Crippen LogP contribution < -0.4 is 42.8 Å². The fourth-order valence-electron chi connectivity index (χ4n) is 10.0. The van der Waals surface area contributed by atoms with Gasteiger partial charge in [-0.1, -0.05) is 101 Å².